The number of hydrogen-bond acceptors (Lipinski definition) is 4. The molecule has 0 fully saturated rings. The molecule has 2 rings (SSSR count). The number of carbonyl (C=O) groups excluding carboxylic acids is 3. The highest BCUT2D eigenvalue weighted by atomic mass is 19.1. The van der Waals surface area contributed by atoms with Crippen molar-refractivity contribution in [1.82, 2.24) is 5.32 Å². The summed E-state index contributed by atoms with van der Waals surface area (Å²) in [6.07, 6.45) is -0.453. The molecular formula is C19H19FN2O4. The molecule has 2 N–H and O–H groups in total. The Kier molecular flexibility index (Phi) is 6.84. The molecule has 0 heterocycles. The number of halogens is 1. The van der Waals surface area contributed by atoms with Crippen molar-refractivity contribution in [3.8, 4) is 0 Å². The van der Waals surface area contributed by atoms with Crippen LogP contribution in [0.5, 0.6) is 0 Å². The Morgan fingerprint density at radius 2 is 1.69 bits per heavy atom. The minimum absolute atomic E-state index is 0.0157. The lowest BCUT2D eigenvalue weighted by Crippen LogP contribution is -2.28. The predicted octanol–water partition coefficient (Wildman–Crippen LogP) is 2.65. The first kappa shape index (κ1) is 19.1. The van der Waals surface area contributed by atoms with Gasteiger partial charge in [-0.05, 0) is 25.1 Å². The molecule has 2 amide bonds. The van der Waals surface area contributed by atoms with Gasteiger partial charge in [-0.1, -0.05) is 30.3 Å². The molecule has 0 aromatic heterocycles. The number of hydrogen-bond donors (Lipinski definition) is 2. The second-order valence-electron chi connectivity index (χ2n) is 5.36. The third-order valence-electron chi connectivity index (χ3n) is 3.45. The van der Waals surface area contributed by atoms with Crippen LogP contribution in [-0.2, 0) is 20.9 Å². The minimum atomic E-state index is -0.590. The highest BCUT2D eigenvalue weighted by Gasteiger charge is 2.16. The Bertz CT molecular complexity index is 808. The van der Waals surface area contributed by atoms with E-state index in [1.54, 1.807) is 43.3 Å². The number of nitrogens with one attached hydrogen (secondary N) is 2. The fourth-order valence-electron chi connectivity index (χ4n) is 2.22. The maximum Gasteiger partial charge on any atom is 0.340 e. The van der Waals surface area contributed by atoms with E-state index in [4.69, 9.17) is 4.74 Å². The second-order valence-corrected chi connectivity index (χ2v) is 5.36. The molecule has 0 aliphatic carbocycles. The van der Waals surface area contributed by atoms with Gasteiger partial charge in [0.15, 0.2) is 0 Å². The molecule has 0 saturated heterocycles. The minimum Gasteiger partial charge on any atom is -0.462 e. The molecule has 0 radical (unpaired) electrons. The van der Waals surface area contributed by atoms with Gasteiger partial charge in [-0.2, -0.15) is 0 Å². The molecule has 6 nitrogen and oxygen atoms in total. The van der Waals surface area contributed by atoms with Crippen molar-refractivity contribution in [2.24, 2.45) is 0 Å². The molecule has 0 atom stereocenters. The van der Waals surface area contributed by atoms with Crippen LogP contribution in [0.4, 0.5) is 10.1 Å². The summed E-state index contributed by atoms with van der Waals surface area (Å²) in [5.41, 5.74) is 0.793. The van der Waals surface area contributed by atoms with Gasteiger partial charge in [0.1, 0.15) is 12.2 Å². The van der Waals surface area contributed by atoms with Gasteiger partial charge >= 0.3 is 5.97 Å². The number of esters is 1. The zero-order chi connectivity index (χ0) is 18.9. The lowest BCUT2D eigenvalue weighted by atomic mass is 10.1. The molecule has 7 heteroatoms. The Labute approximate surface area is 150 Å². The molecule has 0 saturated carbocycles. The predicted molar refractivity (Wildman–Crippen MR) is 93.9 cm³/mol. The van der Waals surface area contributed by atoms with E-state index in [1.165, 1.54) is 12.1 Å². The van der Waals surface area contributed by atoms with Crippen molar-refractivity contribution in [3.63, 3.8) is 0 Å². The van der Waals surface area contributed by atoms with Gasteiger partial charge in [0.05, 0.1) is 17.9 Å². The molecule has 136 valence electrons. The lowest BCUT2D eigenvalue weighted by molar-refractivity contribution is -0.126. The number of amides is 2. The van der Waals surface area contributed by atoms with Crippen molar-refractivity contribution >= 4 is 23.5 Å². The zero-order valence-corrected chi connectivity index (χ0v) is 14.3. The van der Waals surface area contributed by atoms with Gasteiger partial charge in [0.25, 0.3) is 0 Å². The number of benzene rings is 2. The van der Waals surface area contributed by atoms with E-state index in [1.807, 2.05) is 0 Å². The fourth-order valence-corrected chi connectivity index (χ4v) is 2.22. The molecular weight excluding hydrogens is 339 g/mol. The van der Waals surface area contributed by atoms with E-state index in [9.17, 15) is 18.8 Å². The first-order chi connectivity index (χ1) is 12.5. The molecule has 2 aromatic rings. The topological polar surface area (TPSA) is 84.5 Å². The van der Waals surface area contributed by atoms with Crippen molar-refractivity contribution in [3.05, 3.63) is 65.5 Å². The van der Waals surface area contributed by atoms with Gasteiger partial charge in [0.2, 0.25) is 11.8 Å². The van der Waals surface area contributed by atoms with Crippen molar-refractivity contribution in [1.29, 1.82) is 0 Å². The summed E-state index contributed by atoms with van der Waals surface area (Å²) in [5.74, 6) is -2.14. The monoisotopic (exact) mass is 358 g/mol. The maximum atomic E-state index is 13.5. The second kappa shape index (κ2) is 9.31. The highest BCUT2D eigenvalue weighted by molar-refractivity contribution is 6.06. The van der Waals surface area contributed by atoms with E-state index in [2.05, 4.69) is 10.6 Å². The molecule has 0 unspecified atom stereocenters. The highest BCUT2D eigenvalue weighted by Crippen LogP contribution is 2.16. The summed E-state index contributed by atoms with van der Waals surface area (Å²) >= 11 is 0. The largest absolute Gasteiger partial charge is 0.462 e. The summed E-state index contributed by atoms with van der Waals surface area (Å²) < 4.78 is 18.4. The average Bonchev–Trinajstić information content (AvgIpc) is 2.61. The number of para-hydroxylation sites is 1. The number of ether oxygens (including phenoxy) is 1. The van der Waals surface area contributed by atoms with Crippen molar-refractivity contribution in [2.45, 2.75) is 19.9 Å². The summed E-state index contributed by atoms with van der Waals surface area (Å²) in [7, 11) is 0. The van der Waals surface area contributed by atoms with E-state index < -0.39 is 30.0 Å². The first-order valence-electron chi connectivity index (χ1n) is 8.07. The lowest BCUT2D eigenvalue weighted by Gasteiger charge is -2.10. The van der Waals surface area contributed by atoms with Gasteiger partial charge in [-0.15, -0.1) is 0 Å². The summed E-state index contributed by atoms with van der Waals surface area (Å²) in [5, 5.41) is 5.00. The summed E-state index contributed by atoms with van der Waals surface area (Å²) in [6.45, 7) is 1.87. The van der Waals surface area contributed by atoms with E-state index in [0.717, 1.165) is 0 Å². The Morgan fingerprint density at radius 3 is 2.42 bits per heavy atom. The maximum absolute atomic E-state index is 13.5. The van der Waals surface area contributed by atoms with Crippen LogP contribution >= 0.6 is 0 Å². The van der Waals surface area contributed by atoms with E-state index in [0.29, 0.717) is 5.56 Å². The Morgan fingerprint density at radius 1 is 1.00 bits per heavy atom. The van der Waals surface area contributed by atoms with Gasteiger partial charge in [-0.3, -0.25) is 9.59 Å². The van der Waals surface area contributed by atoms with Gasteiger partial charge in [-0.25, -0.2) is 9.18 Å². The SMILES string of the molecule is CCOC(=O)c1ccccc1NC(=O)CC(=O)NCc1ccccc1F. The molecule has 0 aliphatic rings. The molecule has 0 bridgehead atoms. The Hall–Kier alpha value is -3.22. The molecule has 26 heavy (non-hydrogen) atoms. The standard InChI is InChI=1S/C19H19FN2O4/c1-2-26-19(25)14-8-4-6-10-16(14)22-18(24)11-17(23)21-12-13-7-3-5-9-15(13)20/h3-10H,2,11-12H2,1H3,(H,21,23)(H,22,24). The van der Waals surface area contributed by atoms with Crippen LogP contribution in [0, 0.1) is 5.82 Å². The van der Waals surface area contributed by atoms with Crippen molar-refractivity contribution < 1.29 is 23.5 Å². The average molecular weight is 358 g/mol. The molecule has 2 aromatic carbocycles. The van der Waals surface area contributed by atoms with E-state index >= 15 is 0 Å². The van der Waals surface area contributed by atoms with Crippen LogP contribution in [0.3, 0.4) is 0 Å². The van der Waals surface area contributed by atoms with Crippen LogP contribution in [0.15, 0.2) is 48.5 Å². The quantitative estimate of drug-likeness (QED) is 0.589. The normalized spacial score (nSPS) is 10.1. The zero-order valence-electron chi connectivity index (χ0n) is 14.3. The van der Waals surface area contributed by atoms with E-state index in [-0.39, 0.29) is 24.4 Å². The number of anilines is 1. The smallest absolute Gasteiger partial charge is 0.340 e. The summed E-state index contributed by atoms with van der Waals surface area (Å²) in [6, 6.07) is 12.4. The third-order valence-corrected chi connectivity index (χ3v) is 3.45. The number of rotatable bonds is 7. The van der Waals surface area contributed by atoms with Crippen LogP contribution in [0.2, 0.25) is 0 Å². The summed E-state index contributed by atoms with van der Waals surface area (Å²) in [4.78, 5) is 35.8. The van der Waals surface area contributed by atoms with Crippen LogP contribution in [-0.4, -0.2) is 24.4 Å². The van der Waals surface area contributed by atoms with Crippen LogP contribution in [0.25, 0.3) is 0 Å². The van der Waals surface area contributed by atoms with Gasteiger partial charge < -0.3 is 15.4 Å². The molecule has 0 spiro atoms. The number of carbonyl (C=O) groups is 3. The fraction of sp³-hybridized carbons (Fsp3) is 0.211. The Balaban J connectivity index is 1.91. The van der Waals surface area contributed by atoms with Crippen molar-refractivity contribution in [2.75, 3.05) is 11.9 Å². The molecule has 0 aliphatic heterocycles. The third kappa shape index (κ3) is 5.41. The van der Waals surface area contributed by atoms with Crippen LogP contribution in [0.1, 0.15) is 29.3 Å². The van der Waals surface area contributed by atoms with Crippen LogP contribution < -0.4 is 10.6 Å². The van der Waals surface area contributed by atoms with Gasteiger partial charge in [0, 0.05) is 12.1 Å². The first-order valence-corrected chi connectivity index (χ1v) is 8.07.